The zero-order chi connectivity index (χ0) is 13.1. The molecule has 0 aromatic heterocycles. The summed E-state index contributed by atoms with van der Waals surface area (Å²) >= 11 is 0. The average Bonchev–Trinajstić information content (AvgIpc) is 3.24. The number of hydrogen-bond acceptors (Lipinski definition) is 3. The van der Waals surface area contributed by atoms with Crippen LogP contribution < -0.4 is 0 Å². The lowest BCUT2D eigenvalue weighted by molar-refractivity contribution is -0.628. The van der Waals surface area contributed by atoms with E-state index in [0.29, 0.717) is 11.8 Å². The number of hydrogen-bond donors (Lipinski definition) is 0. The van der Waals surface area contributed by atoms with Crippen molar-refractivity contribution in [2.45, 2.75) is 44.0 Å². The second-order valence-electron chi connectivity index (χ2n) is 6.20. The standard InChI is InChI=1S/C16H20O3/c1-11-4-3-5-14(10-11)16(17-2)15(18-19-16,12-6-7-12)13-8-9-13/h3-5,10,12-13H,6-9H2,1-2H3. The van der Waals surface area contributed by atoms with E-state index in [9.17, 15) is 0 Å². The molecule has 19 heavy (non-hydrogen) atoms. The SMILES string of the molecule is COC1(c2cccc(C)c2)OOC1(C1CC1)C1CC1. The van der Waals surface area contributed by atoms with Gasteiger partial charge >= 0.3 is 0 Å². The van der Waals surface area contributed by atoms with E-state index in [1.54, 1.807) is 7.11 Å². The van der Waals surface area contributed by atoms with Gasteiger partial charge in [-0.1, -0.05) is 29.8 Å². The maximum atomic E-state index is 5.89. The third-order valence-electron chi connectivity index (χ3n) is 4.86. The smallest absolute Gasteiger partial charge is 0.260 e. The molecule has 0 N–H and O–H groups in total. The van der Waals surface area contributed by atoms with Gasteiger partial charge in [-0.3, -0.25) is 0 Å². The van der Waals surface area contributed by atoms with Crippen molar-refractivity contribution in [3.05, 3.63) is 35.4 Å². The molecule has 4 rings (SSSR count). The van der Waals surface area contributed by atoms with Crippen LogP contribution in [0, 0.1) is 18.8 Å². The molecular weight excluding hydrogens is 240 g/mol. The molecule has 1 aliphatic heterocycles. The average molecular weight is 260 g/mol. The van der Waals surface area contributed by atoms with E-state index in [1.165, 1.54) is 31.2 Å². The quantitative estimate of drug-likeness (QED) is 0.777. The van der Waals surface area contributed by atoms with Gasteiger partial charge in [-0.05, 0) is 44.4 Å². The molecule has 3 aliphatic rings. The molecule has 1 aromatic rings. The predicted molar refractivity (Wildman–Crippen MR) is 70.2 cm³/mol. The fraction of sp³-hybridized carbons (Fsp3) is 0.625. The fourth-order valence-corrected chi connectivity index (χ4v) is 3.68. The summed E-state index contributed by atoms with van der Waals surface area (Å²) in [6.07, 6.45) is 4.93. The van der Waals surface area contributed by atoms with Gasteiger partial charge in [0.05, 0.1) is 0 Å². The first-order chi connectivity index (χ1) is 9.23. The van der Waals surface area contributed by atoms with E-state index >= 15 is 0 Å². The van der Waals surface area contributed by atoms with Crippen LogP contribution in [-0.4, -0.2) is 12.7 Å². The lowest BCUT2D eigenvalue weighted by Gasteiger charge is -2.56. The first kappa shape index (κ1) is 11.9. The second-order valence-corrected chi connectivity index (χ2v) is 6.20. The third-order valence-corrected chi connectivity index (χ3v) is 4.86. The zero-order valence-corrected chi connectivity index (χ0v) is 11.5. The Morgan fingerprint density at radius 3 is 2.21 bits per heavy atom. The summed E-state index contributed by atoms with van der Waals surface area (Å²) < 4.78 is 5.89. The number of methoxy groups -OCH3 is 1. The van der Waals surface area contributed by atoms with Crippen molar-refractivity contribution in [2.75, 3.05) is 7.11 Å². The Labute approximate surface area is 113 Å². The third kappa shape index (κ3) is 1.44. The molecule has 0 bridgehead atoms. The summed E-state index contributed by atoms with van der Waals surface area (Å²) in [5.41, 5.74) is 2.08. The molecule has 1 atom stereocenters. The number of ether oxygens (including phenoxy) is 1. The number of benzene rings is 1. The minimum absolute atomic E-state index is 0.241. The van der Waals surface area contributed by atoms with Gasteiger partial charge < -0.3 is 4.74 Å². The van der Waals surface area contributed by atoms with Crippen molar-refractivity contribution >= 4 is 0 Å². The molecule has 3 heteroatoms. The highest BCUT2D eigenvalue weighted by Crippen LogP contribution is 2.67. The van der Waals surface area contributed by atoms with Crippen molar-refractivity contribution < 1.29 is 14.5 Å². The molecule has 102 valence electrons. The molecule has 2 saturated carbocycles. The highest BCUT2D eigenvalue weighted by molar-refractivity contribution is 5.33. The van der Waals surface area contributed by atoms with Crippen LogP contribution in [0.15, 0.2) is 24.3 Å². The van der Waals surface area contributed by atoms with E-state index in [1.807, 2.05) is 0 Å². The molecule has 0 radical (unpaired) electrons. The van der Waals surface area contributed by atoms with Crippen LogP contribution in [0.1, 0.15) is 36.8 Å². The van der Waals surface area contributed by atoms with Crippen LogP contribution in [0.25, 0.3) is 0 Å². The highest BCUT2D eigenvalue weighted by atomic mass is 17.3. The highest BCUT2D eigenvalue weighted by Gasteiger charge is 2.76. The van der Waals surface area contributed by atoms with Crippen molar-refractivity contribution in [2.24, 2.45) is 11.8 Å². The lowest BCUT2D eigenvalue weighted by atomic mass is 9.77. The van der Waals surface area contributed by atoms with Gasteiger partial charge in [0.25, 0.3) is 5.79 Å². The summed E-state index contributed by atoms with van der Waals surface area (Å²) in [4.78, 5) is 11.3. The molecule has 1 unspecified atom stereocenters. The van der Waals surface area contributed by atoms with Crippen molar-refractivity contribution in [3.63, 3.8) is 0 Å². The predicted octanol–water partition coefficient (Wildman–Crippen LogP) is 3.31. The Balaban J connectivity index is 1.81. The second kappa shape index (κ2) is 3.81. The van der Waals surface area contributed by atoms with Gasteiger partial charge in [0.2, 0.25) is 0 Å². The maximum absolute atomic E-state index is 5.89. The normalized spacial score (nSPS) is 32.9. The topological polar surface area (TPSA) is 27.7 Å². The Hall–Kier alpha value is -0.900. The Morgan fingerprint density at radius 2 is 1.79 bits per heavy atom. The van der Waals surface area contributed by atoms with E-state index in [0.717, 1.165) is 5.56 Å². The molecule has 0 spiro atoms. The number of aryl methyl sites for hydroxylation is 1. The first-order valence-electron chi connectivity index (χ1n) is 7.22. The molecule has 0 amide bonds. The molecule has 3 nitrogen and oxygen atoms in total. The first-order valence-corrected chi connectivity index (χ1v) is 7.22. The Bertz CT molecular complexity index is 488. The van der Waals surface area contributed by atoms with E-state index < -0.39 is 5.79 Å². The summed E-state index contributed by atoms with van der Waals surface area (Å²) in [5, 5.41) is 0. The van der Waals surface area contributed by atoms with Crippen LogP contribution in [0.2, 0.25) is 0 Å². The van der Waals surface area contributed by atoms with Crippen molar-refractivity contribution in [1.29, 1.82) is 0 Å². The molecular formula is C16H20O3. The van der Waals surface area contributed by atoms with Gasteiger partial charge in [-0.25, -0.2) is 4.89 Å². The van der Waals surface area contributed by atoms with Gasteiger partial charge in [0, 0.05) is 12.7 Å². The molecule has 2 aliphatic carbocycles. The van der Waals surface area contributed by atoms with E-state index in [4.69, 9.17) is 14.5 Å². The molecule has 1 heterocycles. The monoisotopic (exact) mass is 260 g/mol. The minimum atomic E-state index is -0.693. The molecule has 3 fully saturated rings. The van der Waals surface area contributed by atoms with Gasteiger partial charge in [0.15, 0.2) is 5.60 Å². The molecule has 1 saturated heterocycles. The van der Waals surface area contributed by atoms with Crippen LogP contribution in [0.4, 0.5) is 0 Å². The summed E-state index contributed by atoms with van der Waals surface area (Å²) in [6.45, 7) is 2.10. The van der Waals surface area contributed by atoms with Crippen molar-refractivity contribution in [3.8, 4) is 0 Å². The van der Waals surface area contributed by atoms with Gasteiger partial charge in [0.1, 0.15) is 0 Å². The minimum Gasteiger partial charge on any atom is -0.345 e. The van der Waals surface area contributed by atoms with Crippen LogP contribution >= 0.6 is 0 Å². The summed E-state index contributed by atoms with van der Waals surface area (Å²) in [5.74, 6) is 0.491. The maximum Gasteiger partial charge on any atom is 0.260 e. The van der Waals surface area contributed by atoms with E-state index in [2.05, 4.69) is 31.2 Å². The van der Waals surface area contributed by atoms with Gasteiger partial charge in [-0.2, -0.15) is 4.89 Å². The number of rotatable bonds is 4. The van der Waals surface area contributed by atoms with E-state index in [-0.39, 0.29) is 5.60 Å². The fourth-order valence-electron chi connectivity index (χ4n) is 3.68. The van der Waals surface area contributed by atoms with Gasteiger partial charge in [-0.15, -0.1) is 0 Å². The van der Waals surface area contributed by atoms with Crippen LogP contribution in [0.3, 0.4) is 0 Å². The zero-order valence-electron chi connectivity index (χ0n) is 11.5. The lowest BCUT2D eigenvalue weighted by Crippen LogP contribution is -2.68. The summed E-state index contributed by atoms with van der Waals surface area (Å²) in [7, 11) is 1.74. The van der Waals surface area contributed by atoms with Crippen LogP contribution in [0.5, 0.6) is 0 Å². The Kier molecular flexibility index (Phi) is 2.39. The summed E-state index contributed by atoms with van der Waals surface area (Å²) in [6, 6.07) is 8.42. The van der Waals surface area contributed by atoms with Crippen molar-refractivity contribution in [1.82, 2.24) is 0 Å². The Morgan fingerprint density at radius 1 is 1.11 bits per heavy atom. The largest absolute Gasteiger partial charge is 0.345 e. The van der Waals surface area contributed by atoms with Crippen LogP contribution in [-0.2, 0) is 20.3 Å². The molecule has 1 aromatic carbocycles.